The summed E-state index contributed by atoms with van der Waals surface area (Å²) >= 11 is 6.72. The van der Waals surface area contributed by atoms with Gasteiger partial charge in [-0.25, -0.2) is 0 Å². The summed E-state index contributed by atoms with van der Waals surface area (Å²) in [5.74, 6) is 2.28. The van der Waals surface area contributed by atoms with Crippen molar-refractivity contribution < 1.29 is 28.8 Å². The van der Waals surface area contributed by atoms with Crippen LogP contribution in [0.4, 0.5) is 0 Å². The first kappa shape index (κ1) is 22.8. The molecule has 7 heteroatoms. The normalized spacial score (nSPS) is 25.6. The zero-order valence-corrected chi connectivity index (χ0v) is 19.5. The first-order valence-electron chi connectivity index (χ1n) is 11.9. The summed E-state index contributed by atoms with van der Waals surface area (Å²) in [6, 6.07) is 9.98. The number of hydrogen-bond acceptors (Lipinski definition) is 6. The minimum atomic E-state index is -0.438. The van der Waals surface area contributed by atoms with Gasteiger partial charge < -0.3 is 28.8 Å². The first-order valence-corrected chi connectivity index (χ1v) is 12.3. The van der Waals surface area contributed by atoms with Gasteiger partial charge >= 0.3 is 0 Å². The lowest BCUT2D eigenvalue weighted by Gasteiger charge is -2.34. The lowest BCUT2D eigenvalue weighted by molar-refractivity contribution is -0.123. The molecular weight excluding hydrogens is 444 g/mol. The molecule has 3 aliphatic rings. The Morgan fingerprint density at radius 1 is 0.848 bits per heavy atom. The highest BCUT2D eigenvalue weighted by atomic mass is 35.5. The van der Waals surface area contributed by atoms with Gasteiger partial charge in [-0.3, -0.25) is 0 Å². The van der Waals surface area contributed by atoms with Crippen molar-refractivity contribution in [2.24, 2.45) is 0 Å². The maximum atomic E-state index is 10.5. The van der Waals surface area contributed by atoms with E-state index in [9.17, 15) is 5.11 Å². The van der Waals surface area contributed by atoms with Gasteiger partial charge in [-0.15, -0.1) is 0 Å². The summed E-state index contributed by atoms with van der Waals surface area (Å²) in [4.78, 5) is 0. The minimum Gasteiger partial charge on any atom is -0.493 e. The van der Waals surface area contributed by atoms with Crippen LogP contribution in [0.15, 0.2) is 30.3 Å². The van der Waals surface area contributed by atoms with Crippen LogP contribution in [-0.4, -0.2) is 50.3 Å². The van der Waals surface area contributed by atoms with E-state index < -0.39 is 6.10 Å². The van der Waals surface area contributed by atoms with Gasteiger partial charge in [0.25, 0.3) is 0 Å². The van der Waals surface area contributed by atoms with Crippen LogP contribution in [0.1, 0.15) is 54.9 Å². The van der Waals surface area contributed by atoms with Crippen molar-refractivity contribution in [1.29, 1.82) is 0 Å². The number of aliphatic hydroxyl groups is 1. The van der Waals surface area contributed by atoms with Crippen LogP contribution in [-0.2, 0) is 15.9 Å². The van der Waals surface area contributed by atoms with E-state index >= 15 is 0 Å². The van der Waals surface area contributed by atoms with Crippen molar-refractivity contribution in [2.45, 2.75) is 56.8 Å². The zero-order chi connectivity index (χ0) is 22.6. The Bertz CT molecular complexity index is 964. The van der Waals surface area contributed by atoms with E-state index in [-0.39, 0.29) is 12.2 Å². The number of halogens is 1. The molecule has 0 aliphatic carbocycles. The molecule has 5 rings (SSSR count). The molecule has 33 heavy (non-hydrogen) atoms. The van der Waals surface area contributed by atoms with E-state index in [1.807, 2.05) is 24.3 Å². The quantitative estimate of drug-likeness (QED) is 0.670. The molecule has 3 heterocycles. The minimum absolute atomic E-state index is 0.135. The zero-order valence-electron chi connectivity index (χ0n) is 18.8. The van der Waals surface area contributed by atoms with E-state index in [0.717, 1.165) is 53.2 Å². The molecule has 1 N–H and O–H groups in total. The Balaban J connectivity index is 1.45. The van der Waals surface area contributed by atoms with Crippen LogP contribution >= 0.6 is 11.6 Å². The van der Waals surface area contributed by atoms with Gasteiger partial charge in [0.2, 0.25) is 0 Å². The van der Waals surface area contributed by atoms with Gasteiger partial charge in [0.05, 0.1) is 31.5 Å². The molecule has 178 valence electrons. The molecule has 0 saturated carbocycles. The molecular formula is C26H31ClO6. The summed E-state index contributed by atoms with van der Waals surface area (Å²) in [5.41, 5.74) is 3.01. The molecule has 0 aromatic heterocycles. The van der Waals surface area contributed by atoms with Gasteiger partial charge in [-0.2, -0.15) is 0 Å². The monoisotopic (exact) mass is 474 g/mol. The van der Waals surface area contributed by atoms with E-state index in [4.69, 9.17) is 35.3 Å². The molecule has 3 atom stereocenters. The van der Waals surface area contributed by atoms with Crippen molar-refractivity contribution in [1.82, 2.24) is 0 Å². The second-order valence-electron chi connectivity index (χ2n) is 8.99. The van der Waals surface area contributed by atoms with Crippen LogP contribution in [0.25, 0.3) is 0 Å². The summed E-state index contributed by atoms with van der Waals surface area (Å²) in [6.45, 7) is 2.95. The number of hydrogen-bond donors (Lipinski definition) is 1. The topological polar surface area (TPSA) is 66.4 Å². The molecule has 0 radical (unpaired) electrons. The first-order chi connectivity index (χ1) is 16.2. The molecule has 2 bridgehead atoms. The lowest BCUT2D eigenvalue weighted by atomic mass is 9.93. The molecule has 0 spiro atoms. The molecule has 3 unspecified atom stereocenters. The fraction of sp³-hybridized carbons (Fsp3) is 0.538. The van der Waals surface area contributed by atoms with Crippen molar-refractivity contribution in [3.8, 4) is 17.2 Å². The second kappa shape index (κ2) is 10.5. The van der Waals surface area contributed by atoms with Gasteiger partial charge in [-0.1, -0.05) is 17.7 Å². The SMILES string of the molecule is OC1CC2COCCCCCOc3cc(Cl)c(Cc4ccc5c(c4)OCCO5)cc3C(C1)O2. The predicted octanol–water partition coefficient (Wildman–Crippen LogP) is 4.86. The van der Waals surface area contributed by atoms with Crippen LogP contribution in [0.2, 0.25) is 5.02 Å². The fourth-order valence-corrected chi connectivity index (χ4v) is 4.95. The maximum absolute atomic E-state index is 10.5. The summed E-state index contributed by atoms with van der Waals surface area (Å²) < 4.78 is 29.7. The molecule has 0 amide bonds. The van der Waals surface area contributed by atoms with Crippen LogP contribution in [0.3, 0.4) is 0 Å². The molecule has 1 saturated heterocycles. The fourth-order valence-electron chi connectivity index (χ4n) is 4.73. The summed E-state index contributed by atoms with van der Waals surface area (Å²) in [5, 5.41) is 11.2. The van der Waals surface area contributed by atoms with Crippen molar-refractivity contribution >= 4 is 11.6 Å². The molecule has 6 nitrogen and oxygen atoms in total. The van der Waals surface area contributed by atoms with Crippen LogP contribution in [0, 0.1) is 0 Å². The molecule has 3 aliphatic heterocycles. The number of fused-ring (bicyclic) bond motifs is 5. The Morgan fingerprint density at radius 2 is 1.67 bits per heavy atom. The third kappa shape index (κ3) is 5.57. The van der Waals surface area contributed by atoms with Crippen LogP contribution in [0.5, 0.6) is 17.2 Å². The van der Waals surface area contributed by atoms with Crippen molar-refractivity contribution in [2.75, 3.05) is 33.0 Å². The third-order valence-electron chi connectivity index (χ3n) is 6.40. The van der Waals surface area contributed by atoms with Gasteiger partial charge in [0, 0.05) is 30.0 Å². The largest absolute Gasteiger partial charge is 0.493 e. The van der Waals surface area contributed by atoms with Crippen molar-refractivity contribution in [3.63, 3.8) is 0 Å². The average Bonchev–Trinajstić information content (AvgIpc) is 2.82. The summed E-state index contributed by atoms with van der Waals surface area (Å²) in [7, 11) is 0. The molecule has 2 aromatic carbocycles. The lowest BCUT2D eigenvalue weighted by Crippen LogP contribution is -2.34. The Hall–Kier alpha value is -1.99. The highest BCUT2D eigenvalue weighted by molar-refractivity contribution is 6.31. The van der Waals surface area contributed by atoms with Gasteiger partial charge in [-0.05, 0) is 61.1 Å². The van der Waals surface area contributed by atoms with E-state index in [1.165, 1.54) is 0 Å². The Kier molecular flexibility index (Phi) is 7.26. The van der Waals surface area contributed by atoms with E-state index in [1.54, 1.807) is 0 Å². The number of benzene rings is 2. The number of ether oxygens (including phenoxy) is 5. The van der Waals surface area contributed by atoms with Crippen molar-refractivity contribution in [3.05, 3.63) is 52.0 Å². The van der Waals surface area contributed by atoms with Gasteiger partial charge in [0.1, 0.15) is 19.0 Å². The average molecular weight is 475 g/mol. The third-order valence-corrected chi connectivity index (χ3v) is 6.75. The molecule has 1 fully saturated rings. The number of rotatable bonds is 2. The van der Waals surface area contributed by atoms with Crippen LogP contribution < -0.4 is 14.2 Å². The summed E-state index contributed by atoms with van der Waals surface area (Å²) in [6.07, 6.45) is 3.91. The number of aliphatic hydroxyl groups excluding tert-OH is 1. The Labute approximate surface area is 199 Å². The standard InChI is InChI=1S/C26H31ClO6/c27-22-15-24-21(12-18(22)10-17-4-5-23-26(11-17)32-9-8-31-23)25-14-19(28)13-20(33-25)16-29-6-2-1-3-7-30-24/h4-5,11-12,15,19-20,25,28H,1-3,6-10,13-14,16H2. The molecule has 2 aromatic rings. The van der Waals surface area contributed by atoms with Gasteiger partial charge in [0.15, 0.2) is 11.5 Å². The second-order valence-corrected chi connectivity index (χ2v) is 9.40. The smallest absolute Gasteiger partial charge is 0.161 e. The predicted molar refractivity (Wildman–Crippen MR) is 125 cm³/mol. The Morgan fingerprint density at radius 3 is 2.58 bits per heavy atom. The maximum Gasteiger partial charge on any atom is 0.161 e. The highest BCUT2D eigenvalue weighted by Gasteiger charge is 2.32. The van der Waals surface area contributed by atoms with E-state index in [2.05, 4.69) is 6.07 Å². The highest BCUT2D eigenvalue weighted by Crippen LogP contribution is 2.40. The van der Waals surface area contributed by atoms with E-state index in [0.29, 0.717) is 57.3 Å².